The minimum atomic E-state index is -1.09. The molecule has 7 nitrogen and oxygen atoms in total. The van der Waals surface area contributed by atoms with E-state index in [1.165, 1.54) is 4.68 Å². The van der Waals surface area contributed by atoms with Crippen LogP contribution in [0.3, 0.4) is 0 Å². The Kier molecular flexibility index (Phi) is 5.64. The second-order valence-corrected chi connectivity index (χ2v) is 6.38. The summed E-state index contributed by atoms with van der Waals surface area (Å²) < 4.78 is 1.53. The van der Waals surface area contributed by atoms with Gasteiger partial charge in [0.05, 0.1) is 5.56 Å². The van der Waals surface area contributed by atoms with Gasteiger partial charge in [0, 0.05) is 25.2 Å². The molecule has 142 valence electrons. The van der Waals surface area contributed by atoms with Crippen molar-refractivity contribution in [3.05, 3.63) is 78.0 Å². The summed E-state index contributed by atoms with van der Waals surface area (Å²) in [6.07, 6.45) is 1.74. The Hall–Kier alpha value is -3.74. The average molecular weight is 376 g/mol. The number of benzene rings is 2. The molecule has 1 aromatic heterocycles. The molecule has 28 heavy (non-hydrogen) atoms. The van der Waals surface area contributed by atoms with E-state index in [1.807, 2.05) is 60.7 Å². The highest BCUT2D eigenvalue weighted by molar-refractivity contribution is 6.38. The third kappa shape index (κ3) is 4.32. The second-order valence-electron chi connectivity index (χ2n) is 6.38. The van der Waals surface area contributed by atoms with Gasteiger partial charge in [0.2, 0.25) is 5.78 Å². The number of nitrogens with one attached hydrogen (secondary N) is 1. The standard InChI is InChI=1S/C21H20N4O3/c1-25-13-16(18(24-25)15-10-6-3-7-11-15)21(28)23-17(19(26)20(22)27)12-14-8-4-2-5-9-14/h2-11,13,17H,12H2,1H3,(H2,22,27)(H,23,28). The van der Waals surface area contributed by atoms with Gasteiger partial charge in [0.1, 0.15) is 11.7 Å². The highest BCUT2D eigenvalue weighted by Crippen LogP contribution is 2.21. The van der Waals surface area contributed by atoms with Crippen LogP contribution in [0.15, 0.2) is 66.9 Å². The molecule has 0 aliphatic rings. The van der Waals surface area contributed by atoms with E-state index in [-0.39, 0.29) is 6.42 Å². The zero-order chi connectivity index (χ0) is 20.1. The SMILES string of the molecule is Cn1cc(C(=O)NC(Cc2ccccc2)C(=O)C(N)=O)c(-c2ccccc2)n1. The summed E-state index contributed by atoms with van der Waals surface area (Å²) in [7, 11) is 1.71. The molecule has 0 radical (unpaired) electrons. The molecule has 3 rings (SSSR count). The molecule has 2 amide bonds. The summed E-state index contributed by atoms with van der Waals surface area (Å²) in [4.78, 5) is 36.6. The molecule has 1 unspecified atom stereocenters. The number of rotatable bonds is 7. The first-order valence-corrected chi connectivity index (χ1v) is 8.73. The van der Waals surface area contributed by atoms with Crippen LogP contribution in [0.2, 0.25) is 0 Å². The molecule has 0 saturated heterocycles. The summed E-state index contributed by atoms with van der Waals surface area (Å²) in [5, 5.41) is 7.00. The number of amides is 2. The molecule has 0 saturated carbocycles. The number of hydrogen-bond donors (Lipinski definition) is 2. The number of primary amides is 1. The highest BCUT2D eigenvalue weighted by Gasteiger charge is 2.27. The Bertz CT molecular complexity index is 997. The predicted octanol–water partition coefficient (Wildman–Crippen LogP) is 1.48. The topological polar surface area (TPSA) is 107 Å². The molecule has 0 aliphatic carbocycles. The van der Waals surface area contributed by atoms with Gasteiger partial charge >= 0.3 is 0 Å². The van der Waals surface area contributed by atoms with E-state index < -0.39 is 23.6 Å². The Labute approximate surface area is 162 Å². The molecular weight excluding hydrogens is 356 g/mol. The molecule has 1 atom stereocenters. The van der Waals surface area contributed by atoms with Crippen LogP contribution >= 0.6 is 0 Å². The van der Waals surface area contributed by atoms with Crippen molar-refractivity contribution < 1.29 is 14.4 Å². The van der Waals surface area contributed by atoms with E-state index in [2.05, 4.69) is 10.4 Å². The Morgan fingerprint density at radius 2 is 1.64 bits per heavy atom. The fraction of sp³-hybridized carbons (Fsp3) is 0.143. The summed E-state index contributed by atoms with van der Waals surface area (Å²) in [6.45, 7) is 0. The normalized spacial score (nSPS) is 11.6. The van der Waals surface area contributed by atoms with Gasteiger partial charge in [-0.2, -0.15) is 5.10 Å². The first-order chi connectivity index (χ1) is 13.5. The van der Waals surface area contributed by atoms with Gasteiger partial charge in [-0.15, -0.1) is 0 Å². The number of hydrogen-bond acceptors (Lipinski definition) is 4. The van der Waals surface area contributed by atoms with Crippen molar-refractivity contribution in [3.8, 4) is 11.3 Å². The number of carbonyl (C=O) groups excluding carboxylic acids is 3. The van der Waals surface area contributed by atoms with E-state index in [4.69, 9.17) is 5.73 Å². The van der Waals surface area contributed by atoms with Crippen molar-refractivity contribution in [2.75, 3.05) is 0 Å². The molecule has 7 heteroatoms. The van der Waals surface area contributed by atoms with E-state index in [9.17, 15) is 14.4 Å². The van der Waals surface area contributed by atoms with Crippen LogP contribution in [0.25, 0.3) is 11.3 Å². The average Bonchev–Trinajstić information content (AvgIpc) is 3.10. The van der Waals surface area contributed by atoms with Crippen LogP contribution in [0, 0.1) is 0 Å². The molecular formula is C21H20N4O3. The minimum absolute atomic E-state index is 0.162. The van der Waals surface area contributed by atoms with Crippen LogP contribution in [-0.4, -0.2) is 33.4 Å². The third-order valence-corrected chi connectivity index (χ3v) is 4.27. The van der Waals surface area contributed by atoms with Crippen molar-refractivity contribution in [1.29, 1.82) is 0 Å². The van der Waals surface area contributed by atoms with Crippen LogP contribution in [0.1, 0.15) is 15.9 Å². The maximum absolute atomic E-state index is 12.9. The lowest BCUT2D eigenvalue weighted by Crippen LogP contribution is -2.47. The fourth-order valence-electron chi connectivity index (χ4n) is 2.93. The molecule has 0 bridgehead atoms. The summed E-state index contributed by atoms with van der Waals surface area (Å²) in [5.41, 5.74) is 7.55. The van der Waals surface area contributed by atoms with Gasteiger partial charge < -0.3 is 11.1 Å². The number of carbonyl (C=O) groups is 3. The summed E-state index contributed by atoms with van der Waals surface area (Å²) in [5.74, 6) is -2.43. The zero-order valence-electron chi connectivity index (χ0n) is 15.3. The smallest absolute Gasteiger partial charge is 0.287 e. The lowest BCUT2D eigenvalue weighted by atomic mass is 10.0. The molecule has 2 aromatic carbocycles. The van der Waals surface area contributed by atoms with Crippen molar-refractivity contribution in [3.63, 3.8) is 0 Å². The fourth-order valence-corrected chi connectivity index (χ4v) is 2.93. The molecule has 0 spiro atoms. The van der Waals surface area contributed by atoms with Crippen LogP contribution in [0.5, 0.6) is 0 Å². The number of nitrogens with two attached hydrogens (primary N) is 1. The maximum Gasteiger partial charge on any atom is 0.287 e. The van der Waals surface area contributed by atoms with E-state index in [0.29, 0.717) is 11.3 Å². The van der Waals surface area contributed by atoms with Gasteiger partial charge in [-0.1, -0.05) is 60.7 Å². The number of Topliss-reactive ketones (excluding diaryl/α,β-unsaturated/α-hetero) is 1. The van der Waals surface area contributed by atoms with Crippen molar-refractivity contribution >= 4 is 17.6 Å². The first-order valence-electron chi connectivity index (χ1n) is 8.73. The van der Waals surface area contributed by atoms with Gasteiger partial charge in [-0.05, 0) is 5.56 Å². The molecule has 1 heterocycles. The number of aromatic nitrogens is 2. The molecule has 3 aromatic rings. The first kappa shape index (κ1) is 19.0. The van der Waals surface area contributed by atoms with Crippen molar-refractivity contribution in [1.82, 2.24) is 15.1 Å². The lowest BCUT2D eigenvalue weighted by molar-refractivity contribution is -0.137. The molecule has 0 fully saturated rings. The van der Waals surface area contributed by atoms with Crippen molar-refractivity contribution in [2.24, 2.45) is 12.8 Å². The Morgan fingerprint density at radius 1 is 1.04 bits per heavy atom. The van der Waals surface area contributed by atoms with Crippen molar-refractivity contribution in [2.45, 2.75) is 12.5 Å². The van der Waals surface area contributed by atoms with Gasteiger partial charge in [-0.3, -0.25) is 19.1 Å². The van der Waals surface area contributed by atoms with E-state index >= 15 is 0 Å². The molecule has 3 N–H and O–H groups in total. The number of nitrogens with zero attached hydrogens (tertiary/aromatic N) is 2. The Morgan fingerprint density at radius 3 is 2.25 bits per heavy atom. The predicted molar refractivity (Wildman–Crippen MR) is 104 cm³/mol. The summed E-state index contributed by atoms with van der Waals surface area (Å²) in [6, 6.07) is 17.3. The summed E-state index contributed by atoms with van der Waals surface area (Å²) >= 11 is 0. The van der Waals surface area contributed by atoms with Gasteiger partial charge in [0.15, 0.2) is 0 Å². The largest absolute Gasteiger partial charge is 0.363 e. The van der Waals surface area contributed by atoms with Crippen LogP contribution in [0.4, 0.5) is 0 Å². The minimum Gasteiger partial charge on any atom is -0.363 e. The maximum atomic E-state index is 12.9. The van der Waals surface area contributed by atoms with Crippen LogP contribution in [-0.2, 0) is 23.1 Å². The monoisotopic (exact) mass is 376 g/mol. The third-order valence-electron chi connectivity index (χ3n) is 4.27. The Balaban J connectivity index is 1.88. The zero-order valence-corrected chi connectivity index (χ0v) is 15.3. The lowest BCUT2D eigenvalue weighted by Gasteiger charge is -2.16. The van der Waals surface area contributed by atoms with Gasteiger partial charge in [0.25, 0.3) is 11.8 Å². The van der Waals surface area contributed by atoms with Gasteiger partial charge in [-0.25, -0.2) is 0 Å². The second kappa shape index (κ2) is 8.30. The quantitative estimate of drug-likeness (QED) is 0.609. The number of ketones is 1. The highest BCUT2D eigenvalue weighted by atomic mass is 16.2. The van der Waals surface area contributed by atoms with E-state index in [0.717, 1.165) is 11.1 Å². The number of aryl methyl sites for hydroxylation is 1. The molecule has 0 aliphatic heterocycles. The van der Waals surface area contributed by atoms with E-state index in [1.54, 1.807) is 13.2 Å². The van der Waals surface area contributed by atoms with Crippen LogP contribution < -0.4 is 11.1 Å².